The molecule has 1 heterocycles. The summed E-state index contributed by atoms with van der Waals surface area (Å²) in [6.07, 6.45) is -2.50. The molecule has 100 valence electrons. The quantitative estimate of drug-likeness (QED) is 0.686. The van der Waals surface area contributed by atoms with E-state index in [9.17, 15) is 13.6 Å². The van der Waals surface area contributed by atoms with Gasteiger partial charge in [-0.25, -0.2) is 8.78 Å². The van der Waals surface area contributed by atoms with Gasteiger partial charge in [-0.05, 0) is 0 Å². The maximum Gasteiger partial charge on any atom is 0.251 e. The summed E-state index contributed by atoms with van der Waals surface area (Å²) in [4.78, 5) is 14.6. The van der Waals surface area contributed by atoms with Crippen LogP contribution in [0.5, 0.6) is 0 Å². The number of aliphatic hydroxyl groups excluding tert-OH is 1. The summed E-state index contributed by atoms with van der Waals surface area (Å²) in [5, 5.41) is 8.74. The van der Waals surface area contributed by atoms with Gasteiger partial charge >= 0.3 is 0 Å². The van der Waals surface area contributed by atoms with E-state index in [1.807, 2.05) is 0 Å². The van der Waals surface area contributed by atoms with Crippen LogP contribution in [0.15, 0.2) is 0 Å². The number of ether oxygens (including phenoxy) is 1. The highest BCUT2D eigenvalue weighted by Crippen LogP contribution is 2.02. The summed E-state index contributed by atoms with van der Waals surface area (Å²) < 4.78 is 29.6. The second-order valence-corrected chi connectivity index (χ2v) is 3.84. The summed E-state index contributed by atoms with van der Waals surface area (Å²) >= 11 is 0. The molecule has 0 saturated carbocycles. The molecule has 7 heteroatoms. The number of aliphatic hydroxyl groups is 1. The number of carbonyl (C=O) groups is 1. The Kier molecular flexibility index (Phi) is 6.31. The van der Waals surface area contributed by atoms with Crippen molar-refractivity contribution >= 4 is 5.91 Å². The third-order valence-electron chi connectivity index (χ3n) is 2.54. The Morgan fingerprint density at radius 3 is 2.59 bits per heavy atom. The molecule has 5 nitrogen and oxygen atoms in total. The summed E-state index contributed by atoms with van der Waals surface area (Å²) in [6, 6.07) is 0. The zero-order valence-corrected chi connectivity index (χ0v) is 9.65. The monoisotopic (exact) mass is 252 g/mol. The van der Waals surface area contributed by atoms with Crippen molar-refractivity contribution in [2.75, 3.05) is 52.5 Å². The molecule has 1 saturated heterocycles. The molecule has 0 aromatic heterocycles. The van der Waals surface area contributed by atoms with E-state index >= 15 is 0 Å². The van der Waals surface area contributed by atoms with E-state index in [0.717, 1.165) is 0 Å². The second kappa shape index (κ2) is 7.52. The van der Waals surface area contributed by atoms with Crippen molar-refractivity contribution in [3.8, 4) is 0 Å². The Morgan fingerprint density at radius 1 is 1.41 bits per heavy atom. The van der Waals surface area contributed by atoms with Crippen molar-refractivity contribution in [3.63, 3.8) is 0 Å². The number of alkyl halides is 2. The Morgan fingerprint density at radius 2 is 2.06 bits per heavy atom. The zero-order chi connectivity index (χ0) is 12.7. The number of rotatable bonds is 6. The van der Waals surface area contributed by atoms with E-state index in [-0.39, 0.29) is 25.6 Å². The van der Waals surface area contributed by atoms with Gasteiger partial charge in [0.15, 0.2) is 0 Å². The molecule has 0 spiro atoms. The first kappa shape index (κ1) is 14.3. The van der Waals surface area contributed by atoms with Crippen molar-refractivity contribution in [2.24, 2.45) is 0 Å². The fraction of sp³-hybridized carbons (Fsp3) is 0.900. The van der Waals surface area contributed by atoms with Gasteiger partial charge in [0.05, 0.1) is 32.9 Å². The minimum absolute atomic E-state index is 0.0785. The highest BCUT2D eigenvalue weighted by atomic mass is 19.3. The van der Waals surface area contributed by atoms with E-state index < -0.39 is 13.0 Å². The molecular formula is C10H18F2N2O3. The smallest absolute Gasteiger partial charge is 0.251 e. The van der Waals surface area contributed by atoms with Crippen LogP contribution in [0.25, 0.3) is 0 Å². The van der Waals surface area contributed by atoms with Gasteiger partial charge in [0.25, 0.3) is 6.43 Å². The topological polar surface area (TPSA) is 53.0 Å². The molecule has 0 radical (unpaired) electrons. The molecule has 0 unspecified atom stereocenters. The van der Waals surface area contributed by atoms with E-state index in [1.165, 1.54) is 4.90 Å². The standard InChI is InChI=1S/C10H18F2N2O3/c11-9(12)7-13(1-4-15)8-10(16)14-2-5-17-6-3-14/h9,15H,1-8H2. The third-order valence-corrected chi connectivity index (χ3v) is 2.54. The van der Waals surface area contributed by atoms with Crippen molar-refractivity contribution < 1.29 is 23.4 Å². The summed E-state index contributed by atoms with van der Waals surface area (Å²) in [6.45, 7) is 1.26. The highest BCUT2D eigenvalue weighted by Gasteiger charge is 2.21. The molecule has 1 amide bonds. The van der Waals surface area contributed by atoms with E-state index in [2.05, 4.69) is 0 Å². The molecular weight excluding hydrogens is 234 g/mol. The fourth-order valence-electron chi connectivity index (χ4n) is 1.68. The molecule has 1 aliphatic rings. The van der Waals surface area contributed by atoms with Crippen LogP contribution in [0.3, 0.4) is 0 Å². The number of hydrogen-bond donors (Lipinski definition) is 1. The molecule has 0 atom stereocenters. The molecule has 17 heavy (non-hydrogen) atoms. The predicted octanol–water partition coefficient (Wildman–Crippen LogP) is -0.595. The number of nitrogens with zero attached hydrogens (tertiary/aromatic N) is 2. The average molecular weight is 252 g/mol. The van der Waals surface area contributed by atoms with Crippen molar-refractivity contribution in [2.45, 2.75) is 6.43 Å². The first-order valence-corrected chi connectivity index (χ1v) is 5.60. The van der Waals surface area contributed by atoms with Crippen LogP contribution in [-0.4, -0.2) is 79.8 Å². The fourth-order valence-corrected chi connectivity index (χ4v) is 1.68. The maximum absolute atomic E-state index is 12.2. The van der Waals surface area contributed by atoms with E-state index in [4.69, 9.17) is 9.84 Å². The molecule has 1 fully saturated rings. The number of amides is 1. The van der Waals surface area contributed by atoms with Crippen LogP contribution < -0.4 is 0 Å². The second-order valence-electron chi connectivity index (χ2n) is 3.84. The lowest BCUT2D eigenvalue weighted by Gasteiger charge is -2.29. The molecule has 0 aliphatic carbocycles. The lowest BCUT2D eigenvalue weighted by molar-refractivity contribution is -0.137. The first-order chi connectivity index (χ1) is 8.13. The Balaban J connectivity index is 2.38. The van der Waals surface area contributed by atoms with Crippen molar-refractivity contribution in [1.29, 1.82) is 0 Å². The number of morpholine rings is 1. The Hall–Kier alpha value is -0.790. The van der Waals surface area contributed by atoms with Crippen LogP contribution in [0.2, 0.25) is 0 Å². The third kappa shape index (κ3) is 5.38. The molecule has 1 aliphatic heterocycles. The lowest BCUT2D eigenvalue weighted by Crippen LogP contribution is -2.47. The van der Waals surface area contributed by atoms with E-state index in [0.29, 0.717) is 26.3 Å². The van der Waals surface area contributed by atoms with Gasteiger partial charge in [-0.2, -0.15) is 0 Å². The van der Waals surface area contributed by atoms with Gasteiger partial charge in [-0.3, -0.25) is 9.69 Å². The van der Waals surface area contributed by atoms with Crippen molar-refractivity contribution in [3.05, 3.63) is 0 Å². The minimum atomic E-state index is -2.50. The molecule has 1 rings (SSSR count). The van der Waals surface area contributed by atoms with Gasteiger partial charge < -0.3 is 14.7 Å². The Bertz CT molecular complexity index is 236. The normalized spacial score (nSPS) is 16.9. The highest BCUT2D eigenvalue weighted by molar-refractivity contribution is 5.78. The van der Waals surface area contributed by atoms with Gasteiger partial charge in [-0.15, -0.1) is 0 Å². The Labute approximate surface area is 98.9 Å². The molecule has 0 aromatic carbocycles. The minimum Gasteiger partial charge on any atom is -0.395 e. The number of halogens is 2. The van der Waals surface area contributed by atoms with Crippen LogP contribution >= 0.6 is 0 Å². The average Bonchev–Trinajstić information content (AvgIpc) is 2.29. The van der Waals surface area contributed by atoms with Gasteiger partial charge in [-0.1, -0.05) is 0 Å². The summed E-state index contributed by atoms with van der Waals surface area (Å²) in [5.74, 6) is -0.192. The number of hydrogen-bond acceptors (Lipinski definition) is 4. The van der Waals surface area contributed by atoms with Gasteiger partial charge in [0.1, 0.15) is 0 Å². The summed E-state index contributed by atoms with van der Waals surface area (Å²) in [7, 11) is 0. The largest absolute Gasteiger partial charge is 0.395 e. The van der Waals surface area contributed by atoms with Crippen LogP contribution in [-0.2, 0) is 9.53 Å². The lowest BCUT2D eigenvalue weighted by atomic mass is 10.3. The first-order valence-electron chi connectivity index (χ1n) is 5.60. The van der Waals surface area contributed by atoms with Crippen LogP contribution in [0, 0.1) is 0 Å². The van der Waals surface area contributed by atoms with Gasteiger partial charge in [0, 0.05) is 19.6 Å². The van der Waals surface area contributed by atoms with Crippen LogP contribution in [0.4, 0.5) is 8.78 Å². The van der Waals surface area contributed by atoms with Gasteiger partial charge in [0.2, 0.25) is 5.91 Å². The molecule has 0 bridgehead atoms. The van der Waals surface area contributed by atoms with Crippen LogP contribution in [0.1, 0.15) is 0 Å². The maximum atomic E-state index is 12.2. The zero-order valence-electron chi connectivity index (χ0n) is 9.65. The SMILES string of the molecule is O=C(CN(CCO)CC(F)F)N1CCOCC1. The number of carbonyl (C=O) groups excluding carboxylic acids is 1. The van der Waals surface area contributed by atoms with Crippen molar-refractivity contribution in [1.82, 2.24) is 9.80 Å². The summed E-state index contributed by atoms with van der Waals surface area (Å²) in [5.41, 5.74) is 0. The van der Waals surface area contributed by atoms with E-state index in [1.54, 1.807) is 4.90 Å². The predicted molar refractivity (Wildman–Crippen MR) is 56.9 cm³/mol. The molecule has 0 aromatic rings. The molecule has 1 N–H and O–H groups in total.